The van der Waals surface area contributed by atoms with Crippen molar-refractivity contribution in [2.75, 3.05) is 13.3 Å². The van der Waals surface area contributed by atoms with Gasteiger partial charge >= 0.3 is 0 Å². The molecule has 0 fully saturated rings. The van der Waals surface area contributed by atoms with E-state index in [1.165, 1.54) is 7.05 Å². The van der Waals surface area contributed by atoms with Gasteiger partial charge in [-0.1, -0.05) is 20.3 Å². The summed E-state index contributed by atoms with van der Waals surface area (Å²) in [4.78, 5) is 11.3. The van der Waals surface area contributed by atoms with Crippen LogP contribution in [0.3, 0.4) is 0 Å². The number of sulfonamides is 1. The van der Waals surface area contributed by atoms with Crippen molar-refractivity contribution in [2.45, 2.75) is 33.1 Å². The second-order valence-corrected chi connectivity index (χ2v) is 5.92. The van der Waals surface area contributed by atoms with Crippen molar-refractivity contribution in [3.05, 3.63) is 0 Å². The van der Waals surface area contributed by atoms with E-state index in [2.05, 4.69) is 13.8 Å². The molecule has 0 bridgehead atoms. The Hall–Kier alpha value is -0.580. The third kappa shape index (κ3) is 5.21. The number of carbonyl (C=O) groups excluding carboxylic acids is 1. The molecule has 4 nitrogen and oxygen atoms in total. The van der Waals surface area contributed by atoms with Gasteiger partial charge in [-0.05, 0) is 12.3 Å². The van der Waals surface area contributed by atoms with Crippen LogP contribution in [0.1, 0.15) is 33.1 Å². The van der Waals surface area contributed by atoms with E-state index in [1.54, 1.807) is 0 Å². The zero-order valence-electron chi connectivity index (χ0n) is 9.28. The maximum absolute atomic E-state index is 11.3. The van der Waals surface area contributed by atoms with Gasteiger partial charge < -0.3 is 0 Å². The molecule has 0 saturated carbocycles. The predicted octanol–water partition coefficient (Wildman–Crippen LogP) is 1.23. The highest BCUT2D eigenvalue weighted by Crippen LogP contribution is 2.08. The third-order valence-electron chi connectivity index (χ3n) is 2.02. The van der Waals surface area contributed by atoms with Crippen LogP contribution >= 0.6 is 0 Å². The van der Waals surface area contributed by atoms with Gasteiger partial charge in [-0.15, -0.1) is 0 Å². The lowest BCUT2D eigenvalue weighted by Crippen LogP contribution is -2.31. The molecule has 0 N–H and O–H groups in total. The lowest BCUT2D eigenvalue weighted by Gasteiger charge is -2.14. The summed E-state index contributed by atoms with van der Waals surface area (Å²) in [5.74, 6) is 0.222. The van der Waals surface area contributed by atoms with Gasteiger partial charge in [0, 0.05) is 13.5 Å². The number of hydrogen-bond donors (Lipinski definition) is 0. The van der Waals surface area contributed by atoms with Crippen molar-refractivity contribution in [1.29, 1.82) is 0 Å². The van der Waals surface area contributed by atoms with Crippen LogP contribution in [-0.4, -0.2) is 31.9 Å². The highest BCUT2D eigenvalue weighted by molar-refractivity contribution is 7.88. The molecule has 0 atom stereocenters. The van der Waals surface area contributed by atoms with Crippen LogP contribution in [0.4, 0.5) is 0 Å². The van der Waals surface area contributed by atoms with Crippen LogP contribution in [0, 0.1) is 5.92 Å². The average Bonchev–Trinajstić information content (AvgIpc) is 2.00. The van der Waals surface area contributed by atoms with Gasteiger partial charge in [-0.25, -0.2) is 12.7 Å². The van der Waals surface area contributed by atoms with Crippen LogP contribution in [0.5, 0.6) is 0 Å². The summed E-state index contributed by atoms with van der Waals surface area (Å²) in [7, 11) is -2.07. The quantitative estimate of drug-likeness (QED) is 0.701. The molecule has 0 radical (unpaired) electrons. The fraction of sp³-hybridized carbons (Fsp3) is 0.889. The van der Waals surface area contributed by atoms with Gasteiger partial charge in [0.25, 0.3) is 0 Å². The molecule has 0 aliphatic heterocycles. The molecule has 0 aromatic rings. The van der Waals surface area contributed by atoms with E-state index in [1.807, 2.05) is 0 Å². The minimum Gasteiger partial charge on any atom is -0.274 e. The molecular weight excluding hydrogens is 202 g/mol. The Balaban J connectivity index is 3.98. The molecule has 84 valence electrons. The van der Waals surface area contributed by atoms with Crippen LogP contribution in [-0.2, 0) is 14.8 Å². The van der Waals surface area contributed by atoms with Gasteiger partial charge in [0.2, 0.25) is 15.9 Å². The zero-order chi connectivity index (χ0) is 11.4. The molecule has 0 aliphatic carbocycles. The van der Waals surface area contributed by atoms with E-state index in [0.717, 1.165) is 23.4 Å². The Morgan fingerprint density at radius 3 is 2.21 bits per heavy atom. The molecule has 0 aromatic carbocycles. The SMILES string of the molecule is CC(C)CCCC(=O)N(C)S(C)(=O)=O. The lowest BCUT2D eigenvalue weighted by molar-refractivity contribution is -0.125. The minimum atomic E-state index is -3.37. The number of rotatable bonds is 5. The fourth-order valence-electron chi connectivity index (χ4n) is 1.00. The van der Waals surface area contributed by atoms with Gasteiger partial charge in [0.05, 0.1) is 6.26 Å². The monoisotopic (exact) mass is 221 g/mol. The molecular formula is C9H19NO3S. The first-order valence-electron chi connectivity index (χ1n) is 4.72. The van der Waals surface area contributed by atoms with Crippen molar-refractivity contribution in [1.82, 2.24) is 4.31 Å². The smallest absolute Gasteiger partial charge is 0.235 e. The van der Waals surface area contributed by atoms with Gasteiger partial charge in [0.1, 0.15) is 0 Å². The molecule has 0 spiro atoms. The summed E-state index contributed by atoms with van der Waals surface area (Å²) in [5.41, 5.74) is 0. The topological polar surface area (TPSA) is 54.5 Å². The first kappa shape index (κ1) is 13.4. The fourth-order valence-corrected chi connectivity index (χ4v) is 1.47. The summed E-state index contributed by atoms with van der Waals surface area (Å²) in [6.45, 7) is 4.15. The number of hydrogen-bond acceptors (Lipinski definition) is 3. The number of carbonyl (C=O) groups is 1. The standard InChI is InChI=1S/C9H19NO3S/c1-8(2)6-5-7-9(11)10(3)14(4,12)13/h8H,5-7H2,1-4H3. The Labute approximate surface area is 86.3 Å². The summed E-state index contributed by atoms with van der Waals surface area (Å²) < 4.78 is 22.8. The van der Waals surface area contributed by atoms with Crippen molar-refractivity contribution < 1.29 is 13.2 Å². The largest absolute Gasteiger partial charge is 0.274 e. The molecule has 5 heteroatoms. The predicted molar refractivity (Wildman–Crippen MR) is 56.3 cm³/mol. The normalized spacial score (nSPS) is 11.8. The summed E-state index contributed by atoms with van der Waals surface area (Å²) in [5, 5.41) is 0. The Kier molecular flexibility index (Phi) is 5.12. The average molecular weight is 221 g/mol. The zero-order valence-corrected chi connectivity index (χ0v) is 10.1. The third-order valence-corrected chi connectivity index (χ3v) is 3.22. The highest BCUT2D eigenvalue weighted by atomic mass is 32.2. The second kappa shape index (κ2) is 5.34. The summed E-state index contributed by atoms with van der Waals surface area (Å²) in [6.07, 6.45) is 3.04. The van der Waals surface area contributed by atoms with Crippen molar-refractivity contribution in [3.63, 3.8) is 0 Å². The molecule has 0 unspecified atom stereocenters. The first-order valence-corrected chi connectivity index (χ1v) is 6.56. The van der Waals surface area contributed by atoms with E-state index in [-0.39, 0.29) is 5.91 Å². The first-order chi connectivity index (χ1) is 6.25. The van der Waals surface area contributed by atoms with E-state index >= 15 is 0 Å². The molecule has 0 heterocycles. The van der Waals surface area contributed by atoms with Gasteiger partial charge in [-0.3, -0.25) is 4.79 Å². The molecule has 0 aromatic heterocycles. The van der Waals surface area contributed by atoms with Gasteiger partial charge in [0.15, 0.2) is 0 Å². The summed E-state index contributed by atoms with van der Waals surface area (Å²) in [6, 6.07) is 0. The molecule has 1 amide bonds. The van der Waals surface area contributed by atoms with Crippen LogP contribution in [0.2, 0.25) is 0 Å². The van der Waals surface area contributed by atoms with Crippen LogP contribution in [0.15, 0.2) is 0 Å². The maximum Gasteiger partial charge on any atom is 0.235 e. The minimum absolute atomic E-state index is 0.307. The van der Waals surface area contributed by atoms with E-state index < -0.39 is 10.0 Å². The Bertz CT molecular complexity index is 282. The highest BCUT2D eigenvalue weighted by Gasteiger charge is 2.17. The van der Waals surface area contributed by atoms with Crippen LogP contribution < -0.4 is 0 Å². The molecule has 0 aliphatic rings. The van der Waals surface area contributed by atoms with Crippen molar-refractivity contribution in [2.24, 2.45) is 5.92 Å². The lowest BCUT2D eigenvalue weighted by atomic mass is 10.1. The summed E-state index contributed by atoms with van der Waals surface area (Å²) >= 11 is 0. The molecule has 14 heavy (non-hydrogen) atoms. The van der Waals surface area contributed by atoms with Gasteiger partial charge in [-0.2, -0.15) is 0 Å². The number of amides is 1. The number of nitrogens with zero attached hydrogens (tertiary/aromatic N) is 1. The molecule has 0 rings (SSSR count). The molecule has 0 saturated heterocycles. The van der Waals surface area contributed by atoms with E-state index in [0.29, 0.717) is 12.3 Å². The Morgan fingerprint density at radius 2 is 1.86 bits per heavy atom. The maximum atomic E-state index is 11.3. The van der Waals surface area contributed by atoms with E-state index in [9.17, 15) is 13.2 Å². The van der Waals surface area contributed by atoms with E-state index in [4.69, 9.17) is 0 Å². The second-order valence-electron chi connectivity index (χ2n) is 3.91. The van der Waals surface area contributed by atoms with Crippen molar-refractivity contribution in [3.8, 4) is 0 Å². The van der Waals surface area contributed by atoms with Crippen molar-refractivity contribution >= 4 is 15.9 Å². The van der Waals surface area contributed by atoms with Crippen LogP contribution in [0.25, 0.3) is 0 Å². The Morgan fingerprint density at radius 1 is 1.36 bits per heavy atom.